The normalized spacial score (nSPS) is 18.8. The Hall–Kier alpha value is -0.980. The summed E-state index contributed by atoms with van der Waals surface area (Å²) in [5.41, 5.74) is -0.147. The van der Waals surface area contributed by atoms with Gasteiger partial charge in [-0.25, -0.2) is 0 Å². The number of aliphatic hydroxyl groups is 1. The number of hydrogen-bond donors (Lipinski definition) is 2. The van der Waals surface area contributed by atoms with E-state index in [0.29, 0.717) is 0 Å². The van der Waals surface area contributed by atoms with Crippen molar-refractivity contribution in [3.8, 4) is 0 Å². The molecule has 0 spiro atoms. The maximum absolute atomic E-state index is 9.55. The summed E-state index contributed by atoms with van der Waals surface area (Å²) >= 11 is 0. The van der Waals surface area contributed by atoms with Gasteiger partial charge in [-0.1, -0.05) is 6.92 Å². The Morgan fingerprint density at radius 2 is 2.30 bits per heavy atom. The smallest absolute Gasteiger partial charge is 0.147 e. The van der Waals surface area contributed by atoms with Gasteiger partial charge in [0.2, 0.25) is 0 Å². The minimum Gasteiger partial charge on any atom is -0.394 e. The van der Waals surface area contributed by atoms with Crippen molar-refractivity contribution in [3.05, 3.63) is 12.2 Å². The van der Waals surface area contributed by atoms with E-state index in [-0.39, 0.29) is 12.1 Å². The molecule has 0 aliphatic carbocycles. The molecular weight excluding hydrogens is 254 g/mol. The van der Waals surface area contributed by atoms with Gasteiger partial charge in [-0.2, -0.15) is 0 Å². The van der Waals surface area contributed by atoms with Gasteiger partial charge < -0.3 is 15.0 Å². The molecule has 20 heavy (non-hydrogen) atoms. The molecule has 0 bridgehead atoms. The van der Waals surface area contributed by atoms with Crippen molar-refractivity contribution >= 4 is 0 Å². The van der Waals surface area contributed by atoms with Crippen LogP contribution in [0, 0.1) is 0 Å². The highest BCUT2D eigenvalue weighted by Gasteiger charge is 2.23. The fourth-order valence-corrected chi connectivity index (χ4v) is 2.65. The zero-order chi connectivity index (χ0) is 14.4. The first-order valence-electron chi connectivity index (χ1n) is 7.62. The summed E-state index contributed by atoms with van der Waals surface area (Å²) < 4.78 is 2.12. The highest BCUT2D eigenvalue weighted by atomic mass is 16.3. The highest BCUT2D eigenvalue weighted by Crippen LogP contribution is 2.15. The maximum atomic E-state index is 9.55. The number of nitrogens with zero attached hydrogens (tertiary/aromatic N) is 4. The topological polar surface area (TPSA) is 66.2 Å². The Kier molecular flexibility index (Phi) is 5.51. The van der Waals surface area contributed by atoms with Crippen LogP contribution in [0.2, 0.25) is 0 Å². The first-order chi connectivity index (χ1) is 9.67. The average Bonchev–Trinajstić information content (AvgIpc) is 2.93. The van der Waals surface area contributed by atoms with Gasteiger partial charge in [0, 0.05) is 18.6 Å². The van der Waals surface area contributed by atoms with Gasteiger partial charge >= 0.3 is 0 Å². The fourth-order valence-electron chi connectivity index (χ4n) is 2.65. The van der Waals surface area contributed by atoms with Crippen LogP contribution >= 0.6 is 0 Å². The molecule has 2 N–H and O–H groups in total. The van der Waals surface area contributed by atoms with Gasteiger partial charge in [-0.15, -0.1) is 10.2 Å². The Bertz CT molecular complexity index is 408. The summed E-state index contributed by atoms with van der Waals surface area (Å²) in [5, 5.41) is 21.1. The molecule has 1 aliphatic heterocycles. The lowest BCUT2D eigenvalue weighted by molar-refractivity contribution is 0.150. The minimum atomic E-state index is -0.147. The summed E-state index contributed by atoms with van der Waals surface area (Å²) in [6.07, 6.45) is 4.98. The number of rotatable bonds is 8. The molecule has 0 amide bonds. The van der Waals surface area contributed by atoms with Crippen molar-refractivity contribution in [3.63, 3.8) is 0 Å². The van der Waals surface area contributed by atoms with Crippen LogP contribution in [-0.2, 0) is 13.1 Å². The van der Waals surface area contributed by atoms with Gasteiger partial charge in [0.25, 0.3) is 0 Å². The van der Waals surface area contributed by atoms with Crippen LogP contribution in [0.4, 0.5) is 0 Å². The predicted octanol–water partition coefficient (Wildman–Crippen LogP) is 0.625. The number of fused-ring (bicyclic) bond motifs is 1. The molecule has 1 aliphatic rings. The number of aliphatic hydroxyl groups excluding tert-OH is 1. The lowest BCUT2D eigenvalue weighted by atomic mass is 9.96. The predicted molar refractivity (Wildman–Crippen MR) is 78.3 cm³/mol. The van der Waals surface area contributed by atoms with Crippen molar-refractivity contribution < 1.29 is 5.11 Å². The van der Waals surface area contributed by atoms with Gasteiger partial charge in [0.1, 0.15) is 12.2 Å². The Labute approximate surface area is 121 Å². The molecule has 6 heteroatoms. The van der Waals surface area contributed by atoms with Crippen LogP contribution < -0.4 is 5.32 Å². The largest absolute Gasteiger partial charge is 0.394 e. The molecule has 1 aromatic rings. The van der Waals surface area contributed by atoms with Crippen LogP contribution in [0.25, 0.3) is 0 Å². The number of nitrogens with one attached hydrogen (secondary N) is 1. The third kappa shape index (κ3) is 4.01. The summed E-state index contributed by atoms with van der Waals surface area (Å²) in [6, 6.07) is 0. The second-order valence-corrected chi connectivity index (χ2v) is 5.97. The lowest BCUT2D eigenvalue weighted by Gasteiger charge is -2.31. The summed E-state index contributed by atoms with van der Waals surface area (Å²) in [6.45, 7) is 9.39. The molecule has 0 radical (unpaired) electrons. The second kappa shape index (κ2) is 7.15. The quantitative estimate of drug-likeness (QED) is 0.731. The molecule has 1 unspecified atom stereocenters. The molecule has 2 heterocycles. The van der Waals surface area contributed by atoms with Crippen molar-refractivity contribution in [2.24, 2.45) is 0 Å². The van der Waals surface area contributed by atoms with E-state index in [1.54, 1.807) is 0 Å². The van der Waals surface area contributed by atoms with E-state index in [2.05, 4.69) is 38.8 Å². The van der Waals surface area contributed by atoms with Crippen molar-refractivity contribution in [2.45, 2.75) is 51.7 Å². The van der Waals surface area contributed by atoms with E-state index in [0.717, 1.165) is 57.8 Å². The molecule has 1 atom stereocenters. The molecule has 0 fully saturated rings. The summed E-state index contributed by atoms with van der Waals surface area (Å²) in [5.74, 6) is 1.06. The van der Waals surface area contributed by atoms with Gasteiger partial charge in [-0.3, -0.25) is 4.90 Å². The Morgan fingerprint density at radius 3 is 3.05 bits per heavy atom. The van der Waals surface area contributed by atoms with Crippen molar-refractivity contribution in [1.82, 2.24) is 25.0 Å². The van der Waals surface area contributed by atoms with Crippen LogP contribution in [0.1, 0.15) is 38.9 Å². The standard InChI is InChI=1S/C14H27N5O/c1-3-6-15-14(2,11-20)5-4-7-18-8-9-19-12-16-17-13(19)10-18/h12,15,20H,3-11H2,1-2H3. The van der Waals surface area contributed by atoms with E-state index in [1.807, 2.05) is 6.33 Å². The van der Waals surface area contributed by atoms with E-state index < -0.39 is 0 Å². The fraction of sp³-hybridized carbons (Fsp3) is 0.857. The van der Waals surface area contributed by atoms with Crippen molar-refractivity contribution in [2.75, 3.05) is 26.2 Å². The zero-order valence-electron chi connectivity index (χ0n) is 12.7. The van der Waals surface area contributed by atoms with E-state index in [1.165, 1.54) is 0 Å². The molecule has 0 saturated carbocycles. The molecule has 1 aromatic heterocycles. The van der Waals surface area contributed by atoms with Crippen molar-refractivity contribution in [1.29, 1.82) is 0 Å². The average molecular weight is 281 g/mol. The van der Waals surface area contributed by atoms with Gasteiger partial charge in [0.15, 0.2) is 0 Å². The molecular formula is C14H27N5O. The monoisotopic (exact) mass is 281 g/mol. The van der Waals surface area contributed by atoms with Crippen LogP contribution in [0.5, 0.6) is 0 Å². The molecule has 2 rings (SSSR count). The van der Waals surface area contributed by atoms with E-state index >= 15 is 0 Å². The van der Waals surface area contributed by atoms with Crippen LogP contribution in [-0.4, -0.2) is 56.6 Å². The molecule has 0 aromatic carbocycles. The van der Waals surface area contributed by atoms with Crippen LogP contribution in [0.15, 0.2) is 6.33 Å². The first-order valence-corrected chi connectivity index (χ1v) is 7.62. The SMILES string of the molecule is CCCNC(C)(CO)CCCN1CCn2cnnc2C1. The summed E-state index contributed by atoms with van der Waals surface area (Å²) in [4.78, 5) is 2.42. The molecule has 0 saturated heterocycles. The molecule has 114 valence electrons. The van der Waals surface area contributed by atoms with E-state index in [9.17, 15) is 5.11 Å². The maximum Gasteiger partial charge on any atom is 0.147 e. The minimum absolute atomic E-state index is 0.147. The van der Waals surface area contributed by atoms with Gasteiger partial charge in [0.05, 0.1) is 13.2 Å². The molecule has 6 nitrogen and oxygen atoms in total. The third-order valence-corrected chi connectivity index (χ3v) is 4.07. The highest BCUT2D eigenvalue weighted by molar-refractivity contribution is 4.90. The summed E-state index contributed by atoms with van der Waals surface area (Å²) in [7, 11) is 0. The second-order valence-electron chi connectivity index (χ2n) is 5.97. The Morgan fingerprint density at radius 1 is 1.45 bits per heavy atom. The Balaban J connectivity index is 1.73. The third-order valence-electron chi connectivity index (χ3n) is 4.07. The lowest BCUT2D eigenvalue weighted by Crippen LogP contribution is -2.46. The van der Waals surface area contributed by atoms with Gasteiger partial charge in [-0.05, 0) is 39.3 Å². The number of hydrogen-bond acceptors (Lipinski definition) is 5. The first kappa shape index (κ1) is 15.4. The van der Waals surface area contributed by atoms with Crippen LogP contribution in [0.3, 0.4) is 0 Å². The van der Waals surface area contributed by atoms with E-state index in [4.69, 9.17) is 0 Å². The number of aromatic nitrogens is 3. The zero-order valence-corrected chi connectivity index (χ0v) is 12.7.